The molecular weight excluding hydrogens is 256 g/mol. The molecule has 3 aromatic heterocycles. The van der Waals surface area contributed by atoms with Crippen molar-refractivity contribution in [2.75, 3.05) is 0 Å². The largest absolute Gasteiger partial charge is 0.477 e. The van der Waals surface area contributed by atoms with Crippen molar-refractivity contribution in [3.63, 3.8) is 0 Å². The van der Waals surface area contributed by atoms with Crippen LogP contribution in [0.3, 0.4) is 0 Å². The maximum atomic E-state index is 11.1. The molecule has 4 nitrogen and oxygen atoms in total. The van der Waals surface area contributed by atoms with E-state index in [1.165, 1.54) is 11.3 Å². The molecule has 0 aromatic carbocycles. The van der Waals surface area contributed by atoms with E-state index in [9.17, 15) is 4.79 Å². The molecule has 0 aliphatic rings. The highest BCUT2D eigenvalue weighted by Gasteiger charge is 2.18. The molecule has 0 spiro atoms. The van der Waals surface area contributed by atoms with Crippen molar-refractivity contribution in [1.82, 2.24) is 10.2 Å². The van der Waals surface area contributed by atoms with Gasteiger partial charge in [-0.25, -0.2) is 4.79 Å². The van der Waals surface area contributed by atoms with E-state index >= 15 is 0 Å². The van der Waals surface area contributed by atoms with Crippen LogP contribution in [0.2, 0.25) is 0 Å². The Bertz CT molecular complexity index is 695. The van der Waals surface area contributed by atoms with Crippen LogP contribution in [0.5, 0.6) is 0 Å². The number of carbonyl (C=O) groups is 1. The summed E-state index contributed by atoms with van der Waals surface area (Å²) in [6.07, 6.45) is 3.56. The number of H-pyrrole nitrogens is 1. The molecule has 0 fully saturated rings. The summed E-state index contributed by atoms with van der Waals surface area (Å²) in [4.78, 5) is 11.5. The zero-order valence-corrected chi connectivity index (χ0v) is 10.5. The summed E-state index contributed by atoms with van der Waals surface area (Å²) in [5, 5.41) is 17.8. The molecule has 2 N–H and O–H groups in total. The summed E-state index contributed by atoms with van der Waals surface area (Å²) in [6, 6.07) is 0. The van der Waals surface area contributed by atoms with Crippen molar-refractivity contribution < 1.29 is 9.90 Å². The van der Waals surface area contributed by atoms with Gasteiger partial charge < -0.3 is 5.11 Å². The Morgan fingerprint density at radius 2 is 2.29 bits per heavy atom. The number of nitrogens with zero attached hydrogens (tertiary/aromatic N) is 1. The van der Waals surface area contributed by atoms with Gasteiger partial charge in [0.25, 0.3) is 0 Å². The van der Waals surface area contributed by atoms with Crippen LogP contribution in [0.4, 0.5) is 0 Å². The molecule has 0 atom stereocenters. The third kappa shape index (κ3) is 1.49. The van der Waals surface area contributed by atoms with Crippen LogP contribution in [0.15, 0.2) is 17.8 Å². The summed E-state index contributed by atoms with van der Waals surface area (Å²) in [5.74, 6) is -0.853. The van der Waals surface area contributed by atoms with Crippen LogP contribution >= 0.6 is 22.7 Å². The first-order valence-electron chi connectivity index (χ1n) is 4.91. The predicted molar refractivity (Wildman–Crippen MR) is 69.0 cm³/mol. The standard InChI is InChI=1S/C11H8N2O2S2/c1-5-8-10(17-9(5)11(14)15)7(4-16-8)6-2-12-13-3-6/h2-4H,1H3,(H,12,13)(H,14,15). The van der Waals surface area contributed by atoms with Crippen LogP contribution in [0, 0.1) is 6.92 Å². The second-order valence-corrected chi connectivity index (χ2v) is 5.56. The third-order valence-corrected chi connectivity index (χ3v) is 5.18. The molecule has 0 aliphatic heterocycles. The van der Waals surface area contributed by atoms with Crippen molar-refractivity contribution >= 4 is 38.0 Å². The Balaban J connectivity index is 2.29. The number of thiophene rings is 2. The quantitative estimate of drug-likeness (QED) is 0.746. The molecule has 0 unspecified atom stereocenters. The molecule has 0 amide bonds. The number of carboxylic acid groups (broad SMARTS) is 1. The fraction of sp³-hybridized carbons (Fsp3) is 0.0909. The van der Waals surface area contributed by atoms with Gasteiger partial charge in [-0.15, -0.1) is 22.7 Å². The minimum absolute atomic E-state index is 0.427. The van der Waals surface area contributed by atoms with Crippen LogP contribution < -0.4 is 0 Å². The third-order valence-electron chi connectivity index (χ3n) is 2.63. The highest BCUT2D eigenvalue weighted by Crippen LogP contribution is 2.42. The number of fused-ring (bicyclic) bond motifs is 1. The number of carboxylic acids is 1. The molecule has 0 saturated heterocycles. The fourth-order valence-electron chi connectivity index (χ4n) is 1.79. The number of aromatic carboxylic acids is 1. The van der Waals surface area contributed by atoms with Gasteiger partial charge in [0.2, 0.25) is 0 Å². The molecule has 86 valence electrons. The normalized spacial score (nSPS) is 11.1. The van der Waals surface area contributed by atoms with Gasteiger partial charge in [0.1, 0.15) is 4.88 Å². The van der Waals surface area contributed by atoms with Gasteiger partial charge in [0.05, 0.1) is 10.9 Å². The number of aromatic amines is 1. The molecule has 0 aliphatic carbocycles. The average Bonchev–Trinajstić information content (AvgIpc) is 2.95. The van der Waals surface area contributed by atoms with Gasteiger partial charge in [0.15, 0.2) is 0 Å². The zero-order chi connectivity index (χ0) is 12.0. The van der Waals surface area contributed by atoms with E-state index < -0.39 is 5.97 Å². The maximum Gasteiger partial charge on any atom is 0.346 e. The van der Waals surface area contributed by atoms with Crippen molar-refractivity contribution in [2.45, 2.75) is 6.92 Å². The molecule has 3 rings (SSSR count). The average molecular weight is 264 g/mol. The lowest BCUT2D eigenvalue weighted by molar-refractivity contribution is 0.0701. The van der Waals surface area contributed by atoms with Gasteiger partial charge >= 0.3 is 5.97 Å². The Kier molecular flexibility index (Phi) is 2.27. The predicted octanol–water partition coefficient (Wildman–Crippen LogP) is 3.36. The number of aromatic nitrogens is 2. The monoisotopic (exact) mass is 264 g/mol. The SMILES string of the molecule is Cc1c(C(=O)O)sc2c(-c3cn[nH]c3)csc12. The van der Waals surface area contributed by atoms with Crippen molar-refractivity contribution in [1.29, 1.82) is 0 Å². The smallest absolute Gasteiger partial charge is 0.346 e. The van der Waals surface area contributed by atoms with Crippen LogP contribution in [-0.2, 0) is 0 Å². The minimum Gasteiger partial charge on any atom is -0.477 e. The van der Waals surface area contributed by atoms with Gasteiger partial charge in [-0.2, -0.15) is 5.10 Å². The first-order chi connectivity index (χ1) is 8.18. The molecule has 3 heterocycles. The van der Waals surface area contributed by atoms with Gasteiger partial charge in [-0.05, 0) is 12.5 Å². The minimum atomic E-state index is -0.853. The zero-order valence-electron chi connectivity index (χ0n) is 8.85. The van der Waals surface area contributed by atoms with Gasteiger partial charge in [-0.3, -0.25) is 5.10 Å². The summed E-state index contributed by atoms with van der Waals surface area (Å²) >= 11 is 2.92. The van der Waals surface area contributed by atoms with E-state index in [1.807, 2.05) is 18.5 Å². The Morgan fingerprint density at radius 1 is 1.47 bits per heavy atom. The number of nitrogens with one attached hydrogen (secondary N) is 1. The molecule has 0 bridgehead atoms. The first kappa shape index (κ1) is 10.5. The Labute approximate surface area is 105 Å². The van der Waals surface area contributed by atoms with Crippen molar-refractivity contribution in [3.8, 4) is 11.1 Å². The van der Waals surface area contributed by atoms with E-state index in [1.54, 1.807) is 17.5 Å². The lowest BCUT2D eigenvalue weighted by Crippen LogP contribution is -1.93. The summed E-state index contributed by atoms with van der Waals surface area (Å²) in [7, 11) is 0. The lowest BCUT2D eigenvalue weighted by Gasteiger charge is -1.90. The molecule has 6 heteroatoms. The lowest BCUT2D eigenvalue weighted by atomic mass is 10.2. The van der Waals surface area contributed by atoms with Gasteiger partial charge in [0, 0.05) is 27.4 Å². The highest BCUT2D eigenvalue weighted by molar-refractivity contribution is 7.29. The summed E-state index contributed by atoms with van der Waals surface area (Å²) < 4.78 is 2.09. The maximum absolute atomic E-state index is 11.1. The molecule has 3 aromatic rings. The highest BCUT2D eigenvalue weighted by atomic mass is 32.1. The second kappa shape index (κ2) is 3.68. The Morgan fingerprint density at radius 3 is 2.94 bits per heavy atom. The van der Waals surface area contributed by atoms with E-state index in [2.05, 4.69) is 10.2 Å². The van der Waals surface area contributed by atoms with E-state index in [4.69, 9.17) is 5.11 Å². The summed E-state index contributed by atoms with van der Waals surface area (Å²) in [5.41, 5.74) is 2.91. The fourth-order valence-corrected chi connectivity index (χ4v) is 4.26. The number of aryl methyl sites for hydroxylation is 1. The van der Waals surface area contributed by atoms with Crippen LogP contribution in [0.25, 0.3) is 20.5 Å². The molecular formula is C11H8N2O2S2. The van der Waals surface area contributed by atoms with E-state index in [0.717, 1.165) is 26.1 Å². The number of hydrogen-bond donors (Lipinski definition) is 2. The number of hydrogen-bond acceptors (Lipinski definition) is 4. The molecule has 17 heavy (non-hydrogen) atoms. The van der Waals surface area contributed by atoms with E-state index in [0.29, 0.717) is 4.88 Å². The summed E-state index contributed by atoms with van der Waals surface area (Å²) in [6.45, 7) is 1.86. The first-order valence-corrected chi connectivity index (χ1v) is 6.61. The second-order valence-electron chi connectivity index (χ2n) is 3.66. The van der Waals surface area contributed by atoms with Gasteiger partial charge in [-0.1, -0.05) is 0 Å². The van der Waals surface area contributed by atoms with Crippen molar-refractivity contribution in [3.05, 3.63) is 28.2 Å². The van der Waals surface area contributed by atoms with Crippen LogP contribution in [-0.4, -0.2) is 21.3 Å². The molecule has 0 radical (unpaired) electrons. The number of rotatable bonds is 2. The van der Waals surface area contributed by atoms with Crippen molar-refractivity contribution in [2.24, 2.45) is 0 Å². The Hall–Kier alpha value is -1.66. The van der Waals surface area contributed by atoms with E-state index in [-0.39, 0.29) is 0 Å². The topological polar surface area (TPSA) is 66.0 Å². The molecule has 0 saturated carbocycles. The van der Waals surface area contributed by atoms with Crippen LogP contribution in [0.1, 0.15) is 15.2 Å².